The zero-order valence-electron chi connectivity index (χ0n) is 32.9. The number of phosphoric ester groups is 1. The number of nitriles is 2. The van der Waals surface area contributed by atoms with Crippen LogP contribution in [0.25, 0.3) is 5.52 Å². The second-order valence-electron chi connectivity index (χ2n) is 14.7. The molecule has 1 aromatic carbocycles. The maximum atomic E-state index is 14.5. The van der Waals surface area contributed by atoms with Gasteiger partial charge in [-0.2, -0.15) is 15.6 Å². The van der Waals surface area contributed by atoms with Crippen LogP contribution in [-0.4, -0.2) is 57.6 Å². The van der Waals surface area contributed by atoms with Gasteiger partial charge >= 0.3 is 7.82 Å². The molecule has 0 spiro atoms. The van der Waals surface area contributed by atoms with Gasteiger partial charge in [0.1, 0.15) is 42.5 Å². The largest absolute Gasteiger partial charge is 0.472 e. The summed E-state index contributed by atoms with van der Waals surface area (Å²) in [6, 6.07) is 11.6. The molecular formula is C41H60FN6O7P. The predicted molar refractivity (Wildman–Crippen MR) is 211 cm³/mol. The lowest BCUT2D eigenvalue weighted by Crippen LogP contribution is -2.32. The summed E-state index contributed by atoms with van der Waals surface area (Å²) in [5.74, 6) is -0.249. The first-order chi connectivity index (χ1) is 27.2. The van der Waals surface area contributed by atoms with Gasteiger partial charge in [0.15, 0.2) is 11.4 Å². The Kier molecular flexibility index (Phi) is 19.7. The summed E-state index contributed by atoms with van der Waals surface area (Å²) in [5, 5.41) is 23.5. The van der Waals surface area contributed by atoms with Gasteiger partial charge in [-0.05, 0) is 49.6 Å². The monoisotopic (exact) mass is 798 g/mol. The van der Waals surface area contributed by atoms with Crippen molar-refractivity contribution in [3.63, 3.8) is 0 Å². The second kappa shape index (κ2) is 24.3. The van der Waals surface area contributed by atoms with Gasteiger partial charge in [0.25, 0.3) is 0 Å². The minimum atomic E-state index is -4.70. The van der Waals surface area contributed by atoms with E-state index in [9.17, 15) is 24.4 Å². The number of anilines is 1. The number of nitrogen functional groups attached to an aromatic ring is 1. The molecule has 1 aliphatic rings. The lowest BCUT2D eigenvalue weighted by atomic mass is 10.0. The molecule has 3 heterocycles. The zero-order chi connectivity index (χ0) is 40.1. The molecule has 56 heavy (non-hydrogen) atoms. The van der Waals surface area contributed by atoms with Crippen molar-refractivity contribution in [2.24, 2.45) is 0 Å². The molecule has 3 aromatic rings. The normalized spacial score (nSPS) is 18.5. The van der Waals surface area contributed by atoms with E-state index < -0.39 is 44.7 Å². The fourth-order valence-electron chi connectivity index (χ4n) is 6.87. The fourth-order valence-corrected chi connectivity index (χ4v) is 7.68. The Morgan fingerprint density at radius 2 is 1.64 bits per heavy atom. The highest BCUT2D eigenvalue weighted by Gasteiger charge is 2.44. The predicted octanol–water partition coefficient (Wildman–Crippen LogP) is 9.43. The van der Waals surface area contributed by atoms with Crippen molar-refractivity contribution in [3.8, 4) is 12.1 Å². The summed E-state index contributed by atoms with van der Waals surface area (Å²) in [4.78, 5) is 14.6. The first-order valence-electron chi connectivity index (χ1n) is 20.4. The summed E-state index contributed by atoms with van der Waals surface area (Å²) in [5.41, 5.74) is 6.12. The van der Waals surface area contributed by atoms with Crippen LogP contribution in [0.2, 0.25) is 0 Å². The minimum absolute atomic E-state index is 0.0184. The third kappa shape index (κ3) is 15.1. The van der Waals surface area contributed by atoms with Crippen molar-refractivity contribution < 1.29 is 37.1 Å². The van der Waals surface area contributed by atoms with E-state index in [1.165, 1.54) is 108 Å². The van der Waals surface area contributed by atoms with E-state index in [-0.39, 0.29) is 30.8 Å². The Balaban J connectivity index is 1.17. The summed E-state index contributed by atoms with van der Waals surface area (Å²) in [6.45, 7) is 1.58. The van der Waals surface area contributed by atoms with Crippen molar-refractivity contribution in [3.05, 3.63) is 59.3 Å². The minimum Gasteiger partial charge on any atom is -0.382 e. The van der Waals surface area contributed by atoms with Crippen LogP contribution in [0, 0.1) is 28.5 Å². The number of benzene rings is 1. The first kappa shape index (κ1) is 45.2. The third-order valence-corrected chi connectivity index (χ3v) is 11.1. The number of halogens is 1. The van der Waals surface area contributed by atoms with E-state index in [4.69, 9.17) is 29.0 Å². The Bertz CT molecular complexity index is 1750. The van der Waals surface area contributed by atoms with Gasteiger partial charge in [-0.15, -0.1) is 0 Å². The average Bonchev–Trinajstić information content (AvgIpc) is 3.84. The Labute approximate surface area is 331 Å². The van der Waals surface area contributed by atoms with Crippen LogP contribution in [0.1, 0.15) is 145 Å². The van der Waals surface area contributed by atoms with Crippen LogP contribution in [0.15, 0.2) is 36.7 Å². The SMILES string of the molecule is CCCCCCCCCCCCCCCCCCOC[C@H](COP(=O)(O)OC[C@]1(C#N)CC[C@H](c2ccc3c(N)ncnn23)O1)OCc1cc(C#N)ccc1F. The molecule has 2 aromatic heterocycles. The van der Waals surface area contributed by atoms with Crippen molar-refractivity contribution in [2.45, 2.75) is 147 Å². The number of unbranched alkanes of at least 4 members (excludes halogenated alkanes) is 15. The number of hydrogen-bond donors (Lipinski definition) is 2. The molecule has 13 nitrogen and oxygen atoms in total. The van der Waals surface area contributed by atoms with Crippen LogP contribution in [0.5, 0.6) is 0 Å². The average molecular weight is 799 g/mol. The number of rotatable bonds is 29. The molecule has 0 amide bonds. The molecule has 0 bridgehead atoms. The zero-order valence-corrected chi connectivity index (χ0v) is 33.8. The number of nitrogens with zero attached hydrogens (tertiary/aromatic N) is 5. The smallest absolute Gasteiger partial charge is 0.382 e. The number of hydrogen-bond acceptors (Lipinski definition) is 11. The molecule has 1 aliphatic heterocycles. The van der Waals surface area contributed by atoms with Gasteiger partial charge in [-0.3, -0.25) is 9.05 Å². The molecule has 1 fully saturated rings. The molecule has 1 saturated heterocycles. The lowest BCUT2D eigenvalue weighted by Gasteiger charge is -2.24. The van der Waals surface area contributed by atoms with Gasteiger partial charge < -0.3 is 24.8 Å². The van der Waals surface area contributed by atoms with Crippen LogP contribution in [0.4, 0.5) is 10.2 Å². The van der Waals surface area contributed by atoms with Crippen LogP contribution in [-0.2, 0) is 34.4 Å². The number of aromatic nitrogens is 3. The number of phosphoric acid groups is 1. The van der Waals surface area contributed by atoms with Gasteiger partial charge in [0.05, 0.1) is 37.1 Å². The molecule has 15 heteroatoms. The van der Waals surface area contributed by atoms with Crippen molar-refractivity contribution >= 4 is 19.2 Å². The van der Waals surface area contributed by atoms with Crippen LogP contribution >= 0.6 is 7.82 Å². The van der Waals surface area contributed by atoms with Crippen LogP contribution in [0.3, 0.4) is 0 Å². The maximum Gasteiger partial charge on any atom is 0.472 e. The molecule has 0 saturated carbocycles. The number of fused-ring (bicyclic) bond motifs is 1. The van der Waals surface area contributed by atoms with Gasteiger partial charge in [0.2, 0.25) is 0 Å². The first-order valence-corrected chi connectivity index (χ1v) is 21.9. The molecule has 0 radical (unpaired) electrons. The Morgan fingerprint density at radius 3 is 2.29 bits per heavy atom. The standard InChI is InChI=1S/C41H60FN6O7P/c1-2-3-4-5-6-7-8-9-10-11-12-13-14-15-16-17-24-51-28-35(52-27-34-25-33(26-43)18-19-36(34)42)29-53-56(49,50)54-31-41(30-44)23-22-39(55-41)37-20-21-38-40(45)46-32-47-48(37)38/h18-21,25,32,35,39H,2-17,22-24,27-29,31H2,1H3,(H,49,50)(H2,45,46,47)/t35-,39-,41-/m1/s1. The summed E-state index contributed by atoms with van der Waals surface area (Å²) in [6.07, 6.45) is 20.9. The van der Waals surface area contributed by atoms with Crippen molar-refractivity contribution in [1.29, 1.82) is 10.5 Å². The quantitative estimate of drug-likeness (QED) is 0.0501. The van der Waals surface area contributed by atoms with Gasteiger partial charge in [0, 0.05) is 12.2 Å². The van der Waals surface area contributed by atoms with Crippen molar-refractivity contribution in [2.75, 3.05) is 32.2 Å². The van der Waals surface area contributed by atoms with E-state index in [1.54, 1.807) is 16.6 Å². The van der Waals surface area contributed by atoms with E-state index in [2.05, 4.69) is 23.1 Å². The maximum absolute atomic E-state index is 14.5. The summed E-state index contributed by atoms with van der Waals surface area (Å²) in [7, 11) is -4.70. The number of ether oxygens (including phenoxy) is 3. The topological polar surface area (TPSA) is 187 Å². The van der Waals surface area contributed by atoms with E-state index >= 15 is 0 Å². The van der Waals surface area contributed by atoms with Gasteiger partial charge in [-0.1, -0.05) is 103 Å². The molecular weight excluding hydrogens is 738 g/mol. The van der Waals surface area contributed by atoms with E-state index in [0.717, 1.165) is 19.3 Å². The van der Waals surface area contributed by atoms with Crippen LogP contribution < -0.4 is 5.73 Å². The molecule has 308 valence electrons. The summed E-state index contributed by atoms with van der Waals surface area (Å²) >= 11 is 0. The van der Waals surface area contributed by atoms with E-state index in [1.807, 2.05) is 6.07 Å². The molecule has 4 atom stereocenters. The highest BCUT2D eigenvalue weighted by Crippen LogP contribution is 2.47. The molecule has 1 unspecified atom stereocenters. The fraction of sp³-hybridized carbons (Fsp3) is 0.659. The molecule has 0 aliphatic carbocycles. The molecule has 3 N–H and O–H groups in total. The highest BCUT2D eigenvalue weighted by molar-refractivity contribution is 7.47. The Morgan fingerprint density at radius 1 is 0.982 bits per heavy atom. The summed E-state index contributed by atoms with van der Waals surface area (Å²) < 4.78 is 57.5. The Hall–Kier alpha value is -3.46. The lowest BCUT2D eigenvalue weighted by molar-refractivity contribution is -0.0593. The second-order valence-corrected chi connectivity index (χ2v) is 16.2. The van der Waals surface area contributed by atoms with E-state index in [0.29, 0.717) is 30.1 Å². The van der Waals surface area contributed by atoms with Gasteiger partial charge in [-0.25, -0.2) is 18.5 Å². The number of nitrogens with two attached hydrogens (primary N) is 1. The van der Waals surface area contributed by atoms with Crippen molar-refractivity contribution in [1.82, 2.24) is 14.6 Å². The highest BCUT2D eigenvalue weighted by atomic mass is 31.2. The molecule has 4 rings (SSSR count). The third-order valence-electron chi connectivity index (χ3n) is 10.2.